The van der Waals surface area contributed by atoms with Crippen molar-refractivity contribution in [2.24, 2.45) is 0 Å². The number of carbonyl (C=O) groups is 2. The van der Waals surface area contributed by atoms with E-state index in [2.05, 4.69) is 12.6 Å². The van der Waals surface area contributed by atoms with Gasteiger partial charge >= 0.3 is 0 Å². The predicted octanol–water partition coefficient (Wildman–Crippen LogP) is 4.17. The van der Waals surface area contributed by atoms with Crippen LogP contribution in [0.15, 0.2) is 60.7 Å². The molecule has 0 fully saturated rings. The summed E-state index contributed by atoms with van der Waals surface area (Å²) in [5, 5.41) is -0.359. The third-order valence-electron chi connectivity index (χ3n) is 3.23. The second kappa shape index (κ2) is 8.81. The van der Waals surface area contributed by atoms with E-state index in [4.69, 9.17) is 0 Å². The highest BCUT2D eigenvalue weighted by Gasteiger charge is 2.23. The Hall–Kier alpha value is -1.52. The van der Waals surface area contributed by atoms with Crippen LogP contribution in [0.3, 0.4) is 0 Å². The van der Waals surface area contributed by atoms with Crippen LogP contribution in [0.25, 0.3) is 0 Å². The molecule has 0 aliphatic carbocycles. The summed E-state index contributed by atoms with van der Waals surface area (Å²) in [6.07, 6.45) is 0.218. The summed E-state index contributed by atoms with van der Waals surface area (Å²) in [6.45, 7) is 0. The third-order valence-corrected chi connectivity index (χ3v) is 4.98. The lowest BCUT2D eigenvalue weighted by molar-refractivity contribution is 0.0924. The Morgan fingerprint density at radius 1 is 0.909 bits per heavy atom. The van der Waals surface area contributed by atoms with Crippen molar-refractivity contribution in [2.45, 2.75) is 11.7 Å². The van der Waals surface area contributed by atoms with E-state index in [1.807, 2.05) is 36.4 Å². The molecule has 0 aliphatic rings. The monoisotopic (exact) mass is 330 g/mol. The van der Waals surface area contributed by atoms with E-state index >= 15 is 0 Å². The Kier molecular flexibility index (Phi) is 6.74. The van der Waals surface area contributed by atoms with Gasteiger partial charge in [0.25, 0.3) is 0 Å². The summed E-state index contributed by atoms with van der Waals surface area (Å²) < 4.78 is 0. The molecule has 22 heavy (non-hydrogen) atoms. The van der Waals surface area contributed by atoms with Crippen molar-refractivity contribution < 1.29 is 9.59 Å². The minimum absolute atomic E-state index is 0.00143. The van der Waals surface area contributed by atoms with Gasteiger partial charge in [-0.05, 0) is 5.75 Å². The van der Waals surface area contributed by atoms with Crippen LogP contribution in [0.2, 0.25) is 0 Å². The van der Waals surface area contributed by atoms with E-state index in [-0.39, 0.29) is 23.2 Å². The number of carbonyl (C=O) groups excluding carboxylic acids is 2. The maximum absolute atomic E-state index is 12.6. The van der Waals surface area contributed by atoms with E-state index in [0.717, 1.165) is 5.75 Å². The topological polar surface area (TPSA) is 34.1 Å². The van der Waals surface area contributed by atoms with Crippen LogP contribution in [0.5, 0.6) is 0 Å². The highest BCUT2D eigenvalue weighted by atomic mass is 32.2. The fourth-order valence-electron chi connectivity index (χ4n) is 2.12. The lowest BCUT2D eigenvalue weighted by Gasteiger charge is -2.14. The van der Waals surface area contributed by atoms with Gasteiger partial charge in [-0.3, -0.25) is 9.59 Å². The standard InChI is InChI=1S/C18H18O2S2/c19-16(14-7-3-1-4-8-14)13-17(22-12-11-21)18(20)15-9-5-2-6-10-15/h1-10,17,21H,11-13H2. The molecular weight excluding hydrogens is 312 g/mol. The van der Waals surface area contributed by atoms with Gasteiger partial charge in [-0.2, -0.15) is 12.6 Å². The molecule has 1 unspecified atom stereocenters. The first-order chi connectivity index (χ1) is 10.7. The molecule has 114 valence electrons. The van der Waals surface area contributed by atoms with E-state index in [1.165, 1.54) is 11.8 Å². The van der Waals surface area contributed by atoms with Crippen molar-refractivity contribution in [3.8, 4) is 0 Å². The molecule has 0 saturated carbocycles. The van der Waals surface area contributed by atoms with Gasteiger partial charge < -0.3 is 0 Å². The Morgan fingerprint density at radius 3 is 2.00 bits per heavy atom. The van der Waals surface area contributed by atoms with Gasteiger partial charge in [-0.15, -0.1) is 11.8 Å². The summed E-state index contributed by atoms with van der Waals surface area (Å²) in [5.74, 6) is 1.44. The highest BCUT2D eigenvalue weighted by molar-refractivity contribution is 8.01. The minimum Gasteiger partial charge on any atom is -0.294 e. The Labute approximate surface area is 140 Å². The molecule has 0 amide bonds. The molecule has 0 spiro atoms. The van der Waals surface area contributed by atoms with Gasteiger partial charge in [0, 0.05) is 23.3 Å². The maximum Gasteiger partial charge on any atom is 0.176 e. The van der Waals surface area contributed by atoms with Crippen LogP contribution in [0.1, 0.15) is 27.1 Å². The first kappa shape index (κ1) is 16.8. The third kappa shape index (κ3) is 4.75. The van der Waals surface area contributed by atoms with Crippen molar-refractivity contribution in [1.82, 2.24) is 0 Å². The molecule has 0 aliphatic heterocycles. The number of thiol groups is 1. The average molecular weight is 330 g/mol. The minimum atomic E-state index is -0.359. The number of Topliss-reactive ketones (excluding diaryl/α,β-unsaturated/α-hetero) is 2. The number of rotatable bonds is 8. The molecule has 2 rings (SSSR count). The summed E-state index contributed by atoms with van der Waals surface area (Å²) in [7, 11) is 0. The Morgan fingerprint density at radius 2 is 1.45 bits per heavy atom. The first-order valence-corrected chi connectivity index (χ1v) is 8.80. The number of hydrogen-bond donors (Lipinski definition) is 1. The summed E-state index contributed by atoms with van der Waals surface area (Å²) >= 11 is 5.70. The predicted molar refractivity (Wildman–Crippen MR) is 96.3 cm³/mol. The molecule has 2 aromatic carbocycles. The molecule has 0 bridgehead atoms. The number of hydrogen-bond acceptors (Lipinski definition) is 4. The highest BCUT2D eigenvalue weighted by Crippen LogP contribution is 2.22. The van der Waals surface area contributed by atoms with Gasteiger partial charge in [-0.25, -0.2) is 0 Å². The number of ketones is 2. The van der Waals surface area contributed by atoms with E-state index in [1.54, 1.807) is 24.3 Å². The van der Waals surface area contributed by atoms with Crippen LogP contribution >= 0.6 is 24.4 Å². The van der Waals surface area contributed by atoms with Crippen LogP contribution < -0.4 is 0 Å². The fraction of sp³-hybridized carbons (Fsp3) is 0.222. The lowest BCUT2D eigenvalue weighted by atomic mass is 10.0. The molecule has 0 N–H and O–H groups in total. The lowest BCUT2D eigenvalue weighted by Crippen LogP contribution is -2.22. The summed E-state index contributed by atoms with van der Waals surface area (Å²) in [4.78, 5) is 25.0. The molecule has 0 saturated heterocycles. The quantitative estimate of drug-likeness (QED) is 0.582. The molecule has 2 nitrogen and oxygen atoms in total. The average Bonchev–Trinajstić information content (AvgIpc) is 2.59. The van der Waals surface area contributed by atoms with Crippen molar-refractivity contribution in [3.05, 3.63) is 71.8 Å². The van der Waals surface area contributed by atoms with Crippen molar-refractivity contribution in [1.29, 1.82) is 0 Å². The number of benzene rings is 2. The van der Waals surface area contributed by atoms with Crippen molar-refractivity contribution in [2.75, 3.05) is 11.5 Å². The molecule has 0 aromatic heterocycles. The van der Waals surface area contributed by atoms with Gasteiger partial charge in [0.15, 0.2) is 11.6 Å². The summed E-state index contributed by atoms with van der Waals surface area (Å²) in [6, 6.07) is 18.3. The zero-order valence-electron chi connectivity index (χ0n) is 12.1. The Balaban J connectivity index is 2.12. The van der Waals surface area contributed by atoms with Gasteiger partial charge in [-0.1, -0.05) is 60.7 Å². The molecular formula is C18H18O2S2. The summed E-state index contributed by atoms with van der Waals surface area (Å²) in [5.41, 5.74) is 1.31. The molecule has 4 heteroatoms. The molecule has 0 heterocycles. The van der Waals surface area contributed by atoms with Crippen LogP contribution in [0, 0.1) is 0 Å². The largest absolute Gasteiger partial charge is 0.294 e. The van der Waals surface area contributed by atoms with Crippen LogP contribution in [-0.4, -0.2) is 28.3 Å². The Bertz CT molecular complexity index is 611. The fourth-order valence-corrected chi connectivity index (χ4v) is 3.38. The smallest absolute Gasteiger partial charge is 0.176 e. The molecule has 2 aromatic rings. The second-order valence-electron chi connectivity index (χ2n) is 4.81. The zero-order chi connectivity index (χ0) is 15.8. The SMILES string of the molecule is O=C(CC(SCCS)C(=O)c1ccccc1)c1ccccc1. The number of thioether (sulfide) groups is 1. The zero-order valence-corrected chi connectivity index (χ0v) is 13.9. The van der Waals surface area contributed by atoms with E-state index in [0.29, 0.717) is 16.9 Å². The van der Waals surface area contributed by atoms with Crippen LogP contribution in [-0.2, 0) is 0 Å². The van der Waals surface area contributed by atoms with Gasteiger partial charge in [0.05, 0.1) is 5.25 Å². The van der Waals surface area contributed by atoms with E-state index < -0.39 is 0 Å². The maximum atomic E-state index is 12.6. The van der Waals surface area contributed by atoms with Crippen molar-refractivity contribution in [3.63, 3.8) is 0 Å². The van der Waals surface area contributed by atoms with Gasteiger partial charge in [0.1, 0.15) is 0 Å². The molecule has 1 atom stereocenters. The molecule has 0 radical (unpaired) electrons. The van der Waals surface area contributed by atoms with Crippen molar-refractivity contribution >= 4 is 36.0 Å². The second-order valence-corrected chi connectivity index (χ2v) is 6.56. The van der Waals surface area contributed by atoms with Crippen LogP contribution in [0.4, 0.5) is 0 Å². The first-order valence-electron chi connectivity index (χ1n) is 7.12. The van der Waals surface area contributed by atoms with Gasteiger partial charge in [0.2, 0.25) is 0 Å². The normalized spacial score (nSPS) is 11.9. The van der Waals surface area contributed by atoms with E-state index in [9.17, 15) is 9.59 Å².